The number of carbonyl (C=O) groups is 3. The van der Waals surface area contributed by atoms with Crippen LogP contribution in [0.15, 0.2) is 9.89 Å². The van der Waals surface area contributed by atoms with Gasteiger partial charge < -0.3 is 35.3 Å². The predicted octanol–water partition coefficient (Wildman–Crippen LogP) is 5.41. The first kappa shape index (κ1) is 47.7. The Morgan fingerprint density at radius 2 is 1.53 bits per heavy atom. The van der Waals surface area contributed by atoms with Gasteiger partial charge in [0.2, 0.25) is 17.8 Å². The highest BCUT2D eigenvalue weighted by Crippen LogP contribution is 2.42. The third-order valence-corrected chi connectivity index (χ3v) is 11.4. The second kappa shape index (κ2) is 23.0. The Kier molecular flexibility index (Phi) is 19.9. The summed E-state index contributed by atoms with van der Waals surface area (Å²) in [5.41, 5.74) is 8.65. The van der Waals surface area contributed by atoms with E-state index >= 15 is 0 Å². The van der Waals surface area contributed by atoms with E-state index in [-0.39, 0.29) is 59.5 Å². The van der Waals surface area contributed by atoms with Crippen molar-refractivity contribution in [1.29, 1.82) is 0 Å². The molecule has 0 aliphatic carbocycles. The molecule has 1 aliphatic rings. The van der Waals surface area contributed by atoms with E-state index in [1.54, 1.807) is 13.8 Å². The molecule has 1 aliphatic heterocycles. The summed E-state index contributed by atoms with van der Waals surface area (Å²) in [6.45, 7) is 18.2. The minimum absolute atomic E-state index is 0.111. The molecular formula is C40H69N5O9S. The normalized spacial score (nSPS) is 15.2. The lowest BCUT2D eigenvalue weighted by atomic mass is 9.88. The summed E-state index contributed by atoms with van der Waals surface area (Å²) < 4.78 is 52.4. The molecule has 0 bridgehead atoms. The average molecular weight is 796 g/mol. The molecule has 0 fully saturated rings. The zero-order valence-electron chi connectivity index (χ0n) is 35.0. The zero-order valence-corrected chi connectivity index (χ0v) is 35.8. The van der Waals surface area contributed by atoms with Crippen LogP contribution in [0, 0.1) is 26.7 Å². The number of hydrogen-bond acceptors (Lipinski definition) is 10. The fourth-order valence-electron chi connectivity index (χ4n) is 6.83. The molecule has 55 heavy (non-hydrogen) atoms. The molecule has 2 amide bonds. The number of benzene rings is 1. The molecule has 0 radical (unpaired) electrons. The largest absolute Gasteiger partial charge is 0.487 e. The molecular weight excluding hydrogens is 727 g/mol. The number of sulfonamides is 1. The van der Waals surface area contributed by atoms with Gasteiger partial charge in [-0.05, 0) is 122 Å². The fraction of sp³-hybridized carbons (Fsp3) is 0.750. The second-order valence-corrected chi connectivity index (χ2v) is 17.0. The van der Waals surface area contributed by atoms with Crippen molar-refractivity contribution in [1.82, 2.24) is 15.4 Å². The van der Waals surface area contributed by atoms with Crippen molar-refractivity contribution in [2.24, 2.45) is 16.6 Å². The van der Waals surface area contributed by atoms with Crippen molar-refractivity contribution in [3.63, 3.8) is 0 Å². The van der Waals surface area contributed by atoms with Crippen LogP contribution in [0.25, 0.3) is 0 Å². The van der Waals surface area contributed by atoms with Crippen LogP contribution in [0.3, 0.4) is 0 Å². The summed E-state index contributed by atoms with van der Waals surface area (Å²) in [5, 5.41) is 5.97. The summed E-state index contributed by atoms with van der Waals surface area (Å²) in [5.74, 6) is -0.146. The van der Waals surface area contributed by atoms with E-state index in [2.05, 4.69) is 25.1 Å². The first-order valence-electron chi connectivity index (χ1n) is 19.9. The molecule has 2 rings (SSSR count). The number of esters is 1. The number of aliphatic imine (C=N–C) groups is 1. The molecule has 314 valence electrons. The SMILES string of the molecule is CCOC(OCC)[C@H](CC(C)C)NC(=O)[C@@H](CCCN=C(N)NS(=O)(=O)c1c(C)c(C)c2c(c1C)CCC(C)(C)O2)NC(=O)CCCCCCCC(=O)OC. The maximum absolute atomic E-state index is 13.8. The monoisotopic (exact) mass is 795 g/mol. The first-order chi connectivity index (χ1) is 25.9. The highest BCUT2D eigenvalue weighted by atomic mass is 32.2. The van der Waals surface area contributed by atoms with E-state index in [1.165, 1.54) is 7.11 Å². The number of nitrogens with one attached hydrogen (secondary N) is 3. The summed E-state index contributed by atoms with van der Waals surface area (Å²) in [4.78, 5) is 42.6. The quantitative estimate of drug-likeness (QED) is 0.0346. The average Bonchev–Trinajstić information content (AvgIpc) is 3.10. The molecule has 0 saturated carbocycles. The number of nitrogens with two attached hydrogens (primary N) is 1. The zero-order chi connectivity index (χ0) is 41.3. The fourth-order valence-corrected chi connectivity index (χ4v) is 8.35. The molecule has 0 unspecified atom stereocenters. The number of fused-ring (bicyclic) bond motifs is 1. The third-order valence-electron chi connectivity index (χ3n) is 9.81. The summed E-state index contributed by atoms with van der Waals surface area (Å²) >= 11 is 0. The van der Waals surface area contributed by atoms with Gasteiger partial charge in [0.05, 0.1) is 18.0 Å². The molecule has 0 aromatic heterocycles. The molecule has 15 heteroatoms. The standard InChI is InChI=1S/C40H69N5O9S/c1-11-52-38(53-12-2)32(25-26(3)4)44-37(48)31(43-33(46)20-16-14-13-15-17-21-34(47)51-10)19-18-24-42-39(41)45-55(49,50)36-28(6)27(5)35-30(29(36)7)22-23-40(8,9)54-35/h26,31-32,38H,11-25H2,1-10H3,(H,43,46)(H,44,48)(H3,41,42,45)/t31-,32+/m1/s1. The van der Waals surface area contributed by atoms with E-state index in [4.69, 9.17) is 19.9 Å². The number of methoxy groups -OCH3 is 1. The van der Waals surface area contributed by atoms with E-state index in [0.717, 1.165) is 49.0 Å². The third kappa shape index (κ3) is 15.6. The van der Waals surface area contributed by atoms with Gasteiger partial charge in [0, 0.05) is 32.6 Å². The Balaban J connectivity index is 2.15. The van der Waals surface area contributed by atoms with Gasteiger partial charge >= 0.3 is 5.97 Å². The molecule has 1 aromatic carbocycles. The first-order valence-corrected chi connectivity index (χ1v) is 21.4. The number of rotatable bonds is 24. The Hall–Kier alpha value is -3.43. The molecule has 1 aromatic rings. The molecule has 5 N–H and O–H groups in total. The van der Waals surface area contributed by atoms with Crippen LogP contribution in [0.5, 0.6) is 5.75 Å². The van der Waals surface area contributed by atoms with Crippen LogP contribution in [-0.4, -0.2) is 83.0 Å². The van der Waals surface area contributed by atoms with Gasteiger partial charge in [-0.15, -0.1) is 0 Å². The van der Waals surface area contributed by atoms with Crippen LogP contribution in [0.2, 0.25) is 0 Å². The van der Waals surface area contributed by atoms with Crippen molar-refractivity contribution in [2.45, 2.75) is 168 Å². The number of amides is 2. The number of guanidine groups is 1. The van der Waals surface area contributed by atoms with Gasteiger partial charge in [-0.2, -0.15) is 0 Å². The van der Waals surface area contributed by atoms with Crippen molar-refractivity contribution in [2.75, 3.05) is 26.9 Å². The van der Waals surface area contributed by atoms with E-state index in [9.17, 15) is 22.8 Å². The van der Waals surface area contributed by atoms with Crippen molar-refractivity contribution in [3.05, 3.63) is 22.3 Å². The van der Waals surface area contributed by atoms with E-state index < -0.39 is 28.4 Å². The minimum atomic E-state index is -4.08. The Morgan fingerprint density at radius 3 is 2.13 bits per heavy atom. The summed E-state index contributed by atoms with van der Waals surface area (Å²) in [7, 11) is -2.70. The Labute approximate surface area is 329 Å². The second-order valence-electron chi connectivity index (χ2n) is 15.4. The van der Waals surface area contributed by atoms with Gasteiger partial charge in [0.15, 0.2) is 6.29 Å². The van der Waals surface area contributed by atoms with E-state index in [1.807, 2.05) is 48.5 Å². The Morgan fingerprint density at radius 1 is 0.909 bits per heavy atom. The van der Waals surface area contributed by atoms with Crippen LogP contribution in [0.4, 0.5) is 0 Å². The lowest BCUT2D eigenvalue weighted by Gasteiger charge is -2.35. The maximum atomic E-state index is 13.8. The number of nitrogens with zero attached hydrogens (tertiary/aromatic N) is 1. The molecule has 2 atom stereocenters. The topological polar surface area (TPSA) is 197 Å². The molecule has 1 heterocycles. The highest BCUT2D eigenvalue weighted by molar-refractivity contribution is 7.90. The highest BCUT2D eigenvalue weighted by Gasteiger charge is 2.34. The maximum Gasteiger partial charge on any atom is 0.305 e. The lowest BCUT2D eigenvalue weighted by Crippen LogP contribution is -2.54. The van der Waals surface area contributed by atoms with Gasteiger partial charge in [-0.25, -0.2) is 13.1 Å². The number of ether oxygens (including phenoxy) is 4. The van der Waals surface area contributed by atoms with Gasteiger partial charge in [0.25, 0.3) is 10.0 Å². The number of unbranched alkanes of at least 4 members (excludes halogenated alkanes) is 4. The minimum Gasteiger partial charge on any atom is -0.487 e. The number of carbonyl (C=O) groups excluding carboxylic acids is 3. The van der Waals surface area contributed by atoms with E-state index in [0.29, 0.717) is 56.4 Å². The molecule has 0 saturated heterocycles. The van der Waals surface area contributed by atoms with Crippen LogP contribution in [0.1, 0.15) is 134 Å². The van der Waals surface area contributed by atoms with Gasteiger partial charge in [-0.1, -0.05) is 33.1 Å². The molecule has 0 spiro atoms. The van der Waals surface area contributed by atoms with Gasteiger partial charge in [0.1, 0.15) is 17.4 Å². The number of hydrogen-bond donors (Lipinski definition) is 4. The summed E-state index contributed by atoms with van der Waals surface area (Å²) in [6, 6.07) is -1.33. The molecule has 14 nitrogen and oxygen atoms in total. The smallest absolute Gasteiger partial charge is 0.305 e. The van der Waals surface area contributed by atoms with Crippen molar-refractivity contribution < 1.29 is 41.7 Å². The van der Waals surface area contributed by atoms with Gasteiger partial charge in [-0.3, -0.25) is 19.4 Å². The van der Waals surface area contributed by atoms with Crippen LogP contribution >= 0.6 is 0 Å². The summed E-state index contributed by atoms with van der Waals surface area (Å²) in [6.07, 6.45) is 6.51. The Bertz CT molecular complexity index is 1560. The van der Waals surface area contributed by atoms with Crippen LogP contribution < -0.4 is 25.8 Å². The van der Waals surface area contributed by atoms with Crippen molar-refractivity contribution in [3.8, 4) is 5.75 Å². The lowest BCUT2D eigenvalue weighted by molar-refractivity contribution is -0.161. The van der Waals surface area contributed by atoms with Crippen molar-refractivity contribution >= 4 is 33.8 Å². The van der Waals surface area contributed by atoms with Crippen LogP contribution in [-0.2, 0) is 45.0 Å². The predicted molar refractivity (Wildman–Crippen MR) is 214 cm³/mol.